The number of rotatable bonds is 6. The highest BCUT2D eigenvalue weighted by Gasteiger charge is 2.34. The predicted molar refractivity (Wildman–Crippen MR) is 85.0 cm³/mol. The molecule has 1 aromatic carbocycles. The van der Waals surface area contributed by atoms with Gasteiger partial charge in [-0.15, -0.1) is 0 Å². The van der Waals surface area contributed by atoms with Crippen molar-refractivity contribution >= 4 is 0 Å². The molecule has 0 amide bonds. The Hall–Kier alpha value is -1.85. The molecule has 2 heterocycles. The van der Waals surface area contributed by atoms with Gasteiger partial charge in [-0.3, -0.25) is 0 Å². The maximum Gasteiger partial charge on any atom is 0.120 e. The molecule has 3 rings (SSSR count). The Morgan fingerprint density at radius 2 is 2.05 bits per heavy atom. The molecule has 1 saturated heterocycles. The first-order valence-electron chi connectivity index (χ1n) is 7.74. The molecule has 0 aliphatic carbocycles. The standard InChI is InChI=1S/C17H23N3O2/c1-21-15-4-2-14(3-5-15)17(6-10-22-11-7-17)13-18-12-16-19-8-9-20-16/h2-5,8-9,18H,6-7,10-13H2,1H3,(H,19,20). The van der Waals surface area contributed by atoms with Crippen molar-refractivity contribution in [3.05, 3.63) is 48.0 Å². The van der Waals surface area contributed by atoms with Crippen LogP contribution in [0.1, 0.15) is 24.2 Å². The van der Waals surface area contributed by atoms with Crippen molar-refractivity contribution in [2.75, 3.05) is 26.9 Å². The summed E-state index contributed by atoms with van der Waals surface area (Å²) in [6.07, 6.45) is 5.70. The number of aromatic nitrogens is 2. The second-order valence-corrected chi connectivity index (χ2v) is 5.76. The van der Waals surface area contributed by atoms with Gasteiger partial charge in [0.1, 0.15) is 11.6 Å². The Labute approximate surface area is 131 Å². The molecule has 0 unspecified atom stereocenters. The van der Waals surface area contributed by atoms with Crippen molar-refractivity contribution in [1.82, 2.24) is 15.3 Å². The molecule has 0 radical (unpaired) electrons. The van der Waals surface area contributed by atoms with Crippen LogP contribution in [-0.2, 0) is 16.7 Å². The molecule has 118 valence electrons. The smallest absolute Gasteiger partial charge is 0.120 e. The van der Waals surface area contributed by atoms with E-state index in [0.29, 0.717) is 0 Å². The van der Waals surface area contributed by atoms with E-state index in [4.69, 9.17) is 9.47 Å². The minimum absolute atomic E-state index is 0.122. The van der Waals surface area contributed by atoms with Crippen LogP contribution in [0, 0.1) is 0 Å². The van der Waals surface area contributed by atoms with Crippen LogP contribution in [0.4, 0.5) is 0 Å². The van der Waals surface area contributed by atoms with Gasteiger partial charge in [0.2, 0.25) is 0 Å². The van der Waals surface area contributed by atoms with Crippen LogP contribution in [0.15, 0.2) is 36.7 Å². The Morgan fingerprint density at radius 1 is 1.27 bits per heavy atom. The first-order valence-corrected chi connectivity index (χ1v) is 7.74. The van der Waals surface area contributed by atoms with Gasteiger partial charge >= 0.3 is 0 Å². The number of methoxy groups -OCH3 is 1. The largest absolute Gasteiger partial charge is 0.497 e. The lowest BCUT2D eigenvalue weighted by molar-refractivity contribution is 0.0497. The highest BCUT2D eigenvalue weighted by Crippen LogP contribution is 2.35. The van der Waals surface area contributed by atoms with Crippen LogP contribution in [0.25, 0.3) is 0 Å². The van der Waals surface area contributed by atoms with E-state index >= 15 is 0 Å². The second-order valence-electron chi connectivity index (χ2n) is 5.76. The Morgan fingerprint density at radius 3 is 2.68 bits per heavy atom. The van der Waals surface area contributed by atoms with Gasteiger partial charge in [-0.1, -0.05) is 12.1 Å². The number of benzene rings is 1. The maximum atomic E-state index is 5.57. The third kappa shape index (κ3) is 3.31. The van der Waals surface area contributed by atoms with Gasteiger partial charge in [-0.2, -0.15) is 0 Å². The van der Waals surface area contributed by atoms with E-state index in [1.807, 2.05) is 18.3 Å². The van der Waals surface area contributed by atoms with E-state index in [2.05, 4.69) is 27.4 Å². The number of hydrogen-bond donors (Lipinski definition) is 2. The van der Waals surface area contributed by atoms with Crippen molar-refractivity contribution in [1.29, 1.82) is 0 Å². The predicted octanol–water partition coefficient (Wildman–Crippen LogP) is 2.26. The van der Waals surface area contributed by atoms with Crippen LogP contribution < -0.4 is 10.1 Å². The zero-order chi connectivity index (χ0) is 15.3. The van der Waals surface area contributed by atoms with E-state index in [9.17, 15) is 0 Å². The molecule has 1 aliphatic heterocycles. The summed E-state index contributed by atoms with van der Waals surface area (Å²) >= 11 is 0. The monoisotopic (exact) mass is 301 g/mol. The molecule has 5 heteroatoms. The van der Waals surface area contributed by atoms with E-state index in [1.54, 1.807) is 13.3 Å². The Bertz CT molecular complexity index is 560. The minimum Gasteiger partial charge on any atom is -0.497 e. The molecule has 22 heavy (non-hydrogen) atoms. The van der Waals surface area contributed by atoms with Crippen molar-refractivity contribution in [3.63, 3.8) is 0 Å². The summed E-state index contributed by atoms with van der Waals surface area (Å²) in [6.45, 7) is 3.30. The molecule has 5 nitrogen and oxygen atoms in total. The van der Waals surface area contributed by atoms with Crippen molar-refractivity contribution < 1.29 is 9.47 Å². The highest BCUT2D eigenvalue weighted by molar-refractivity contribution is 5.33. The van der Waals surface area contributed by atoms with Gasteiger partial charge in [-0.25, -0.2) is 4.98 Å². The minimum atomic E-state index is 0.122. The normalized spacial score (nSPS) is 17.3. The van der Waals surface area contributed by atoms with Gasteiger partial charge in [0.15, 0.2) is 0 Å². The topological polar surface area (TPSA) is 59.2 Å². The average Bonchev–Trinajstić information content (AvgIpc) is 3.09. The first kappa shape index (κ1) is 15.1. The molecule has 2 aromatic rings. The van der Waals surface area contributed by atoms with Crippen LogP contribution in [0.2, 0.25) is 0 Å². The van der Waals surface area contributed by atoms with E-state index in [1.165, 1.54) is 5.56 Å². The molecule has 1 aromatic heterocycles. The van der Waals surface area contributed by atoms with Crippen molar-refractivity contribution in [3.8, 4) is 5.75 Å². The maximum absolute atomic E-state index is 5.57. The first-order chi connectivity index (χ1) is 10.8. The number of nitrogens with zero attached hydrogens (tertiary/aromatic N) is 1. The summed E-state index contributed by atoms with van der Waals surface area (Å²) in [7, 11) is 1.70. The molecule has 1 aliphatic rings. The third-order valence-corrected chi connectivity index (χ3v) is 4.46. The van der Waals surface area contributed by atoms with Crippen LogP contribution in [0.3, 0.4) is 0 Å². The van der Waals surface area contributed by atoms with Gasteiger partial charge in [0.25, 0.3) is 0 Å². The average molecular weight is 301 g/mol. The lowest BCUT2D eigenvalue weighted by atomic mass is 9.74. The Kier molecular flexibility index (Phi) is 4.75. The van der Waals surface area contributed by atoms with E-state index in [0.717, 1.165) is 50.7 Å². The second kappa shape index (κ2) is 6.94. The molecular formula is C17H23N3O2. The van der Waals surface area contributed by atoms with Gasteiger partial charge in [0.05, 0.1) is 13.7 Å². The van der Waals surface area contributed by atoms with Crippen molar-refractivity contribution in [2.45, 2.75) is 24.8 Å². The van der Waals surface area contributed by atoms with Crippen molar-refractivity contribution in [2.24, 2.45) is 0 Å². The summed E-state index contributed by atoms with van der Waals surface area (Å²) in [5.74, 6) is 1.87. The highest BCUT2D eigenvalue weighted by atomic mass is 16.5. The van der Waals surface area contributed by atoms with Gasteiger partial charge < -0.3 is 19.8 Å². The fourth-order valence-electron chi connectivity index (χ4n) is 3.09. The summed E-state index contributed by atoms with van der Waals surface area (Å²) in [6, 6.07) is 8.44. The fraction of sp³-hybridized carbons (Fsp3) is 0.471. The molecule has 0 spiro atoms. The third-order valence-electron chi connectivity index (χ3n) is 4.46. The molecular weight excluding hydrogens is 278 g/mol. The number of H-pyrrole nitrogens is 1. The Balaban J connectivity index is 1.71. The number of nitrogens with one attached hydrogen (secondary N) is 2. The number of hydrogen-bond acceptors (Lipinski definition) is 4. The summed E-state index contributed by atoms with van der Waals surface area (Å²) < 4.78 is 10.8. The molecule has 1 fully saturated rings. The lowest BCUT2D eigenvalue weighted by Gasteiger charge is -2.38. The van der Waals surface area contributed by atoms with Gasteiger partial charge in [0, 0.05) is 37.6 Å². The SMILES string of the molecule is COc1ccc(C2(CNCc3ncc[nH]3)CCOCC2)cc1. The quantitative estimate of drug-likeness (QED) is 0.859. The van der Waals surface area contributed by atoms with Crippen LogP contribution in [0.5, 0.6) is 5.75 Å². The zero-order valence-electron chi connectivity index (χ0n) is 13.0. The molecule has 2 N–H and O–H groups in total. The number of ether oxygens (including phenoxy) is 2. The van der Waals surface area contributed by atoms with E-state index in [-0.39, 0.29) is 5.41 Å². The van der Waals surface area contributed by atoms with Crippen LogP contribution >= 0.6 is 0 Å². The zero-order valence-corrected chi connectivity index (χ0v) is 13.0. The number of imidazole rings is 1. The van der Waals surface area contributed by atoms with Crippen LogP contribution in [-0.4, -0.2) is 36.8 Å². The molecule has 0 bridgehead atoms. The molecule has 0 atom stereocenters. The summed E-state index contributed by atoms with van der Waals surface area (Å²) in [5, 5.41) is 3.54. The summed E-state index contributed by atoms with van der Waals surface area (Å²) in [4.78, 5) is 7.39. The van der Waals surface area contributed by atoms with E-state index < -0.39 is 0 Å². The number of aromatic amines is 1. The molecule has 0 saturated carbocycles. The summed E-state index contributed by atoms with van der Waals surface area (Å²) in [5.41, 5.74) is 1.47. The fourth-order valence-corrected chi connectivity index (χ4v) is 3.09. The lowest BCUT2D eigenvalue weighted by Crippen LogP contribution is -2.42. The van der Waals surface area contributed by atoms with Gasteiger partial charge in [-0.05, 0) is 30.5 Å².